The molecule has 0 amide bonds. The van der Waals surface area contributed by atoms with Crippen LogP contribution in [-0.4, -0.2) is 6.54 Å². The first-order chi connectivity index (χ1) is 8.25. The van der Waals surface area contributed by atoms with Crippen LogP contribution in [0.3, 0.4) is 0 Å². The van der Waals surface area contributed by atoms with Crippen LogP contribution in [0.15, 0.2) is 41.1 Å². The molecule has 17 heavy (non-hydrogen) atoms. The summed E-state index contributed by atoms with van der Waals surface area (Å²) in [4.78, 5) is 0. The average molecular weight is 245 g/mol. The molecule has 0 spiro atoms. The van der Waals surface area contributed by atoms with Gasteiger partial charge < -0.3 is 5.32 Å². The maximum Gasteiger partial charge on any atom is 0.0300 e. The van der Waals surface area contributed by atoms with E-state index in [2.05, 4.69) is 60.3 Å². The fourth-order valence-electron chi connectivity index (χ4n) is 1.94. The topological polar surface area (TPSA) is 12.0 Å². The normalized spacial score (nSPS) is 12.6. The lowest BCUT2D eigenvalue weighted by Gasteiger charge is -2.12. The van der Waals surface area contributed by atoms with E-state index in [1.165, 1.54) is 16.7 Å². The lowest BCUT2D eigenvalue weighted by atomic mass is 10.1. The smallest absolute Gasteiger partial charge is 0.0300 e. The second kappa shape index (κ2) is 5.99. The molecule has 1 heterocycles. The van der Waals surface area contributed by atoms with Crippen LogP contribution in [0.2, 0.25) is 0 Å². The molecule has 0 fully saturated rings. The van der Waals surface area contributed by atoms with E-state index in [0.717, 1.165) is 13.0 Å². The van der Waals surface area contributed by atoms with Gasteiger partial charge in [0.1, 0.15) is 0 Å². The molecule has 1 aromatic carbocycles. The number of hydrogen-bond donors (Lipinski definition) is 1. The zero-order valence-electron chi connectivity index (χ0n) is 10.4. The SMILES string of the molecule is Cc1cccc(CCNC(C)c2ccsc2)c1. The lowest BCUT2D eigenvalue weighted by Crippen LogP contribution is -2.20. The fraction of sp³-hybridized carbons (Fsp3) is 0.333. The molecule has 2 rings (SSSR count). The molecule has 0 saturated carbocycles. The Morgan fingerprint density at radius 2 is 2.18 bits per heavy atom. The van der Waals surface area contributed by atoms with E-state index in [9.17, 15) is 0 Å². The Labute approximate surface area is 108 Å². The molecule has 90 valence electrons. The van der Waals surface area contributed by atoms with Gasteiger partial charge >= 0.3 is 0 Å². The zero-order chi connectivity index (χ0) is 12.1. The van der Waals surface area contributed by atoms with Crippen LogP contribution in [0.1, 0.15) is 29.7 Å². The number of rotatable bonds is 5. The summed E-state index contributed by atoms with van der Waals surface area (Å²) in [6.45, 7) is 5.39. The quantitative estimate of drug-likeness (QED) is 0.841. The second-order valence-electron chi connectivity index (χ2n) is 4.47. The highest BCUT2D eigenvalue weighted by Crippen LogP contribution is 2.15. The van der Waals surface area contributed by atoms with Crippen molar-refractivity contribution in [2.75, 3.05) is 6.54 Å². The Balaban J connectivity index is 1.80. The molecular formula is C15H19NS. The second-order valence-corrected chi connectivity index (χ2v) is 5.25. The summed E-state index contributed by atoms with van der Waals surface area (Å²) < 4.78 is 0. The first-order valence-electron chi connectivity index (χ1n) is 6.07. The number of thiophene rings is 1. The summed E-state index contributed by atoms with van der Waals surface area (Å²) in [7, 11) is 0. The van der Waals surface area contributed by atoms with Crippen molar-refractivity contribution >= 4 is 11.3 Å². The molecule has 0 radical (unpaired) electrons. The Morgan fingerprint density at radius 3 is 2.88 bits per heavy atom. The van der Waals surface area contributed by atoms with Gasteiger partial charge in [-0.15, -0.1) is 0 Å². The Kier molecular flexibility index (Phi) is 4.35. The standard InChI is InChI=1S/C15H19NS/c1-12-4-3-5-14(10-12)6-8-16-13(2)15-7-9-17-11-15/h3-5,7,9-11,13,16H,6,8H2,1-2H3. The number of benzene rings is 1. The molecule has 1 aromatic heterocycles. The molecule has 0 bridgehead atoms. The monoisotopic (exact) mass is 245 g/mol. The van der Waals surface area contributed by atoms with Gasteiger partial charge in [-0.3, -0.25) is 0 Å². The molecular weight excluding hydrogens is 226 g/mol. The molecule has 1 N–H and O–H groups in total. The predicted molar refractivity (Wildman–Crippen MR) is 75.6 cm³/mol. The Bertz CT molecular complexity index is 448. The third kappa shape index (κ3) is 3.69. The summed E-state index contributed by atoms with van der Waals surface area (Å²) >= 11 is 1.76. The summed E-state index contributed by atoms with van der Waals surface area (Å²) in [5.74, 6) is 0. The van der Waals surface area contributed by atoms with E-state index >= 15 is 0 Å². The molecule has 1 unspecified atom stereocenters. The molecule has 0 aliphatic rings. The van der Waals surface area contributed by atoms with Crippen LogP contribution in [-0.2, 0) is 6.42 Å². The number of hydrogen-bond acceptors (Lipinski definition) is 2. The zero-order valence-corrected chi connectivity index (χ0v) is 11.3. The first-order valence-corrected chi connectivity index (χ1v) is 7.01. The molecule has 1 atom stereocenters. The highest BCUT2D eigenvalue weighted by Gasteiger charge is 2.04. The Hall–Kier alpha value is -1.12. The van der Waals surface area contributed by atoms with E-state index in [1.807, 2.05) is 0 Å². The summed E-state index contributed by atoms with van der Waals surface area (Å²) in [6.07, 6.45) is 1.09. The van der Waals surface area contributed by atoms with Gasteiger partial charge in [-0.2, -0.15) is 11.3 Å². The fourth-order valence-corrected chi connectivity index (χ4v) is 2.69. The number of nitrogens with one attached hydrogen (secondary N) is 1. The van der Waals surface area contributed by atoms with E-state index in [1.54, 1.807) is 11.3 Å². The van der Waals surface area contributed by atoms with Gasteiger partial charge in [-0.05, 0) is 54.8 Å². The van der Waals surface area contributed by atoms with Crippen molar-refractivity contribution in [2.24, 2.45) is 0 Å². The third-order valence-electron chi connectivity index (χ3n) is 2.99. The minimum atomic E-state index is 0.450. The van der Waals surface area contributed by atoms with Crippen molar-refractivity contribution in [3.05, 3.63) is 57.8 Å². The Morgan fingerprint density at radius 1 is 1.29 bits per heavy atom. The largest absolute Gasteiger partial charge is 0.310 e. The summed E-state index contributed by atoms with van der Waals surface area (Å²) in [5.41, 5.74) is 4.14. The van der Waals surface area contributed by atoms with Gasteiger partial charge in [0.05, 0.1) is 0 Å². The van der Waals surface area contributed by atoms with Crippen molar-refractivity contribution < 1.29 is 0 Å². The van der Waals surface area contributed by atoms with E-state index < -0.39 is 0 Å². The minimum Gasteiger partial charge on any atom is -0.310 e. The molecule has 0 aliphatic heterocycles. The molecule has 2 aromatic rings. The minimum absolute atomic E-state index is 0.450. The van der Waals surface area contributed by atoms with Gasteiger partial charge in [0.2, 0.25) is 0 Å². The van der Waals surface area contributed by atoms with Gasteiger partial charge in [0.25, 0.3) is 0 Å². The summed E-state index contributed by atoms with van der Waals surface area (Å²) in [5, 5.41) is 7.91. The van der Waals surface area contributed by atoms with Crippen LogP contribution in [0.5, 0.6) is 0 Å². The lowest BCUT2D eigenvalue weighted by molar-refractivity contribution is 0.578. The highest BCUT2D eigenvalue weighted by molar-refractivity contribution is 7.07. The molecule has 1 nitrogen and oxygen atoms in total. The van der Waals surface area contributed by atoms with Gasteiger partial charge in [-0.1, -0.05) is 29.8 Å². The van der Waals surface area contributed by atoms with Crippen LogP contribution in [0, 0.1) is 6.92 Å². The van der Waals surface area contributed by atoms with Crippen molar-refractivity contribution in [2.45, 2.75) is 26.3 Å². The van der Waals surface area contributed by atoms with E-state index in [4.69, 9.17) is 0 Å². The first kappa shape index (κ1) is 12.3. The van der Waals surface area contributed by atoms with Crippen LogP contribution >= 0.6 is 11.3 Å². The van der Waals surface area contributed by atoms with E-state index in [0.29, 0.717) is 6.04 Å². The molecule has 0 aliphatic carbocycles. The highest BCUT2D eigenvalue weighted by atomic mass is 32.1. The average Bonchev–Trinajstić information content (AvgIpc) is 2.82. The predicted octanol–water partition coefficient (Wildman–Crippen LogP) is 3.95. The van der Waals surface area contributed by atoms with Gasteiger partial charge in [-0.25, -0.2) is 0 Å². The van der Waals surface area contributed by atoms with Crippen molar-refractivity contribution in [1.29, 1.82) is 0 Å². The van der Waals surface area contributed by atoms with Crippen LogP contribution < -0.4 is 5.32 Å². The molecule has 2 heteroatoms. The van der Waals surface area contributed by atoms with Crippen molar-refractivity contribution in [3.63, 3.8) is 0 Å². The number of aryl methyl sites for hydroxylation is 1. The summed E-state index contributed by atoms with van der Waals surface area (Å²) in [6, 6.07) is 11.4. The third-order valence-corrected chi connectivity index (χ3v) is 3.69. The van der Waals surface area contributed by atoms with Gasteiger partial charge in [0.15, 0.2) is 0 Å². The maximum absolute atomic E-state index is 3.56. The van der Waals surface area contributed by atoms with E-state index in [-0.39, 0.29) is 0 Å². The van der Waals surface area contributed by atoms with Crippen molar-refractivity contribution in [1.82, 2.24) is 5.32 Å². The maximum atomic E-state index is 3.56. The molecule has 0 saturated heterocycles. The van der Waals surface area contributed by atoms with Gasteiger partial charge in [0, 0.05) is 6.04 Å². The van der Waals surface area contributed by atoms with Crippen LogP contribution in [0.4, 0.5) is 0 Å². The van der Waals surface area contributed by atoms with Crippen LogP contribution in [0.25, 0.3) is 0 Å². The van der Waals surface area contributed by atoms with Crippen molar-refractivity contribution in [3.8, 4) is 0 Å².